The van der Waals surface area contributed by atoms with Crippen molar-refractivity contribution in [1.29, 1.82) is 0 Å². The Morgan fingerprint density at radius 3 is 2.09 bits per heavy atom. The number of nitrogens with one attached hydrogen (secondary N) is 2. The number of carbonyl (C=O) groups excluding carboxylic acids is 2. The molecule has 0 aromatic heterocycles. The molecule has 2 aromatic rings. The smallest absolute Gasteiger partial charge is 0.255 e. The zero-order chi connectivity index (χ0) is 16.7. The number of anilines is 1. The summed E-state index contributed by atoms with van der Waals surface area (Å²) in [5.74, 6) is -0.453. The largest absolute Gasteiger partial charge is 0.383 e. The van der Waals surface area contributed by atoms with Crippen molar-refractivity contribution in [3.05, 3.63) is 64.7 Å². The molecule has 120 valence electrons. The molecule has 2 amide bonds. The minimum Gasteiger partial charge on any atom is -0.383 e. The summed E-state index contributed by atoms with van der Waals surface area (Å²) in [4.78, 5) is 24.0. The van der Waals surface area contributed by atoms with Crippen LogP contribution >= 0.6 is 11.6 Å². The lowest BCUT2D eigenvalue weighted by atomic mass is 10.1. The van der Waals surface area contributed by atoms with Crippen LogP contribution in [0.3, 0.4) is 0 Å². The van der Waals surface area contributed by atoms with E-state index in [0.717, 1.165) is 0 Å². The summed E-state index contributed by atoms with van der Waals surface area (Å²) in [6.07, 6.45) is 0. The number of benzene rings is 2. The van der Waals surface area contributed by atoms with Gasteiger partial charge in [-0.3, -0.25) is 9.59 Å². The van der Waals surface area contributed by atoms with Crippen LogP contribution in [0.4, 0.5) is 5.69 Å². The second-order valence-electron chi connectivity index (χ2n) is 4.79. The van der Waals surface area contributed by atoms with Crippen molar-refractivity contribution in [2.45, 2.75) is 0 Å². The minimum absolute atomic E-state index is 0.202. The van der Waals surface area contributed by atoms with Gasteiger partial charge in [0.1, 0.15) is 0 Å². The molecule has 0 spiro atoms. The number of halogens is 1. The summed E-state index contributed by atoms with van der Waals surface area (Å²) in [7, 11) is 1.57. The molecule has 0 aliphatic rings. The Labute approximate surface area is 139 Å². The SMILES string of the molecule is COCCNC(=O)c1ccc(C(=O)Nc2ccc(Cl)cc2)cc1. The summed E-state index contributed by atoms with van der Waals surface area (Å²) in [6.45, 7) is 0.890. The van der Waals surface area contributed by atoms with Crippen LogP contribution in [0, 0.1) is 0 Å². The maximum atomic E-state index is 12.1. The van der Waals surface area contributed by atoms with Gasteiger partial charge in [-0.1, -0.05) is 11.6 Å². The monoisotopic (exact) mass is 332 g/mol. The Morgan fingerprint density at radius 2 is 1.52 bits per heavy atom. The fourth-order valence-corrected chi connectivity index (χ4v) is 2.00. The first-order valence-electron chi connectivity index (χ1n) is 7.04. The van der Waals surface area contributed by atoms with Crippen molar-refractivity contribution >= 4 is 29.1 Å². The van der Waals surface area contributed by atoms with E-state index in [1.807, 2.05) is 0 Å². The van der Waals surface area contributed by atoms with Crippen molar-refractivity contribution in [2.24, 2.45) is 0 Å². The molecule has 0 aliphatic heterocycles. The van der Waals surface area contributed by atoms with E-state index in [2.05, 4.69) is 10.6 Å². The zero-order valence-electron chi connectivity index (χ0n) is 12.6. The highest BCUT2D eigenvalue weighted by atomic mass is 35.5. The van der Waals surface area contributed by atoms with Gasteiger partial charge in [0.2, 0.25) is 0 Å². The van der Waals surface area contributed by atoms with Gasteiger partial charge in [0.15, 0.2) is 0 Å². The van der Waals surface area contributed by atoms with Crippen molar-refractivity contribution < 1.29 is 14.3 Å². The van der Waals surface area contributed by atoms with E-state index in [9.17, 15) is 9.59 Å². The number of hydrogen-bond acceptors (Lipinski definition) is 3. The van der Waals surface area contributed by atoms with Gasteiger partial charge in [-0.25, -0.2) is 0 Å². The van der Waals surface area contributed by atoms with Crippen LogP contribution in [0.5, 0.6) is 0 Å². The molecule has 0 bridgehead atoms. The predicted molar refractivity (Wildman–Crippen MR) is 90.1 cm³/mol. The van der Waals surface area contributed by atoms with Crippen LogP contribution in [0.1, 0.15) is 20.7 Å². The van der Waals surface area contributed by atoms with Gasteiger partial charge in [-0.2, -0.15) is 0 Å². The molecular weight excluding hydrogens is 316 g/mol. The fourth-order valence-electron chi connectivity index (χ4n) is 1.88. The molecule has 0 radical (unpaired) electrons. The van der Waals surface area contributed by atoms with Gasteiger partial charge in [-0.05, 0) is 48.5 Å². The third kappa shape index (κ3) is 5.09. The number of carbonyl (C=O) groups is 2. The summed E-state index contributed by atoms with van der Waals surface area (Å²) in [5, 5.41) is 6.08. The lowest BCUT2D eigenvalue weighted by Crippen LogP contribution is -2.26. The molecule has 5 nitrogen and oxygen atoms in total. The molecule has 0 fully saturated rings. The van der Waals surface area contributed by atoms with Crippen LogP contribution in [0.15, 0.2) is 48.5 Å². The van der Waals surface area contributed by atoms with E-state index >= 15 is 0 Å². The standard InChI is InChI=1S/C17H17ClN2O3/c1-23-11-10-19-16(21)12-2-4-13(5-3-12)17(22)20-15-8-6-14(18)7-9-15/h2-9H,10-11H2,1H3,(H,19,21)(H,20,22). The molecule has 0 atom stereocenters. The van der Waals surface area contributed by atoms with Crippen LogP contribution in [-0.4, -0.2) is 32.1 Å². The average Bonchev–Trinajstić information content (AvgIpc) is 2.57. The van der Waals surface area contributed by atoms with E-state index in [4.69, 9.17) is 16.3 Å². The highest BCUT2D eigenvalue weighted by Crippen LogP contribution is 2.14. The second kappa shape index (κ2) is 8.31. The number of ether oxygens (including phenoxy) is 1. The highest BCUT2D eigenvalue weighted by molar-refractivity contribution is 6.30. The quantitative estimate of drug-likeness (QED) is 0.799. The highest BCUT2D eigenvalue weighted by Gasteiger charge is 2.09. The summed E-state index contributed by atoms with van der Waals surface area (Å²) >= 11 is 5.80. The Balaban J connectivity index is 1.97. The molecule has 0 unspecified atom stereocenters. The molecular formula is C17H17ClN2O3. The normalized spacial score (nSPS) is 10.2. The summed E-state index contributed by atoms with van der Waals surface area (Å²) < 4.78 is 4.87. The van der Waals surface area contributed by atoms with Gasteiger partial charge in [0.05, 0.1) is 6.61 Å². The zero-order valence-corrected chi connectivity index (χ0v) is 13.4. The maximum Gasteiger partial charge on any atom is 0.255 e. The van der Waals surface area contributed by atoms with Gasteiger partial charge < -0.3 is 15.4 Å². The lowest BCUT2D eigenvalue weighted by molar-refractivity contribution is 0.0935. The van der Waals surface area contributed by atoms with Crippen LogP contribution in [0.2, 0.25) is 5.02 Å². The summed E-state index contributed by atoms with van der Waals surface area (Å²) in [6, 6.07) is 13.3. The van der Waals surface area contributed by atoms with Crippen LogP contribution in [-0.2, 0) is 4.74 Å². The Kier molecular flexibility index (Phi) is 6.14. The van der Waals surface area contributed by atoms with E-state index in [-0.39, 0.29) is 11.8 Å². The molecule has 2 rings (SSSR count). The first-order chi connectivity index (χ1) is 11.1. The molecule has 23 heavy (non-hydrogen) atoms. The van der Waals surface area contributed by atoms with Gasteiger partial charge in [0, 0.05) is 35.5 Å². The molecule has 6 heteroatoms. The van der Waals surface area contributed by atoms with E-state index in [1.54, 1.807) is 55.6 Å². The topological polar surface area (TPSA) is 67.4 Å². The lowest BCUT2D eigenvalue weighted by Gasteiger charge is -2.07. The van der Waals surface area contributed by atoms with E-state index in [1.165, 1.54) is 0 Å². The van der Waals surface area contributed by atoms with Crippen molar-refractivity contribution in [3.8, 4) is 0 Å². The van der Waals surface area contributed by atoms with Crippen molar-refractivity contribution in [3.63, 3.8) is 0 Å². The Bertz CT molecular complexity index is 669. The number of methoxy groups -OCH3 is 1. The minimum atomic E-state index is -0.251. The molecule has 0 heterocycles. The molecule has 2 N–H and O–H groups in total. The average molecular weight is 333 g/mol. The predicted octanol–water partition coefficient (Wildman–Crippen LogP) is 2.97. The third-order valence-electron chi connectivity index (χ3n) is 3.10. The van der Waals surface area contributed by atoms with Gasteiger partial charge in [-0.15, -0.1) is 0 Å². The van der Waals surface area contributed by atoms with Crippen LogP contribution in [0.25, 0.3) is 0 Å². The Hall–Kier alpha value is -2.37. The van der Waals surface area contributed by atoms with Gasteiger partial charge in [0.25, 0.3) is 11.8 Å². The first-order valence-corrected chi connectivity index (χ1v) is 7.42. The van der Waals surface area contributed by atoms with Crippen molar-refractivity contribution in [2.75, 3.05) is 25.6 Å². The maximum absolute atomic E-state index is 12.1. The van der Waals surface area contributed by atoms with E-state index < -0.39 is 0 Å². The molecule has 0 saturated carbocycles. The summed E-state index contributed by atoms with van der Waals surface area (Å²) in [5.41, 5.74) is 1.61. The van der Waals surface area contributed by atoms with Crippen LogP contribution < -0.4 is 10.6 Å². The first kappa shape index (κ1) is 17.0. The Morgan fingerprint density at radius 1 is 0.957 bits per heavy atom. The van der Waals surface area contributed by atoms with Gasteiger partial charge >= 0.3 is 0 Å². The number of amides is 2. The van der Waals surface area contributed by atoms with E-state index in [0.29, 0.717) is 35.0 Å². The molecule has 0 aliphatic carbocycles. The third-order valence-corrected chi connectivity index (χ3v) is 3.36. The number of rotatable bonds is 6. The van der Waals surface area contributed by atoms with Crippen molar-refractivity contribution in [1.82, 2.24) is 5.32 Å². The molecule has 2 aromatic carbocycles. The molecule has 0 saturated heterocycles. The number of hydrogen-bond donors (Lipinski definition) is 2. The fraction of sp³-hybridized carbons (Fsp3) is 0.176. The second-order valence-corrected chi connectivity index (χ2v) is 5.22.